The number of nitro benzene ring substituents is 1. The number of hydrogen-bond donors (Lipinski definition) is 0. The second-order valence-corrected chi connectivity index (χ2v) is 6.67. The summed E-state index contributed by atoms with van der Waals surface area (Å²) < 4.78 is 10.7. The summed E-state index contributed by atoms with van der Waals surface area (Å²) >= 11 is 0. The van der Waals surface area contributed by atoms with Crippen LogP contribution >= 0.6 is 0 Å². The van der Waals surface area contributed by atoms with Crippen molar-refractivity contribution in [2.45, 2.75) is 13.1 Å². The van der Waals surface area contributed by atoms with Gasteiger partial charge in [0.2, 0.25) is 0 Å². The first-order chi connectivity index (χ1) is 13.1. The maximum atomic E-state index is 10.9. The summed E-state index contributed by atoms with van der Waals surface area (Å²) in [5.74, 6) is 1.49. The molecule has 2 aromatic rings. The number of methoxy groups -OCH3 is 2. The Morgan fingerprint density at radius 1 is 0.889 bits per heavy atom. The largest absolute Gasteiger partial charge is 0.493 e. The van der Waals surface area contributed by atoms with Crippen LogP contribution < -0.4 is 9.47 Å². The van der Waals surface area contributed by atoms with Crippen LogP contribution in [-0.2, 0) is 13.1 Å². The molecule has 0 radical (unpaired) electrons. The van der Waals surface area contributed by atoms with Crippen LogP contribution in [0.15, 0.2) is 42.5 Å². The minimum Gasteiger partial charge on any atom is -0.493 e. The lowest BCUT2D eigenvalue weighted by molar-refractivity contribution is -0.384. The van der Waals surface area contributed by atoms with Crippen LogP contribution in [-0.4, -0.2) is 55.1 Å². The zero-order valence-corrected chi connectivity index (χ0v) is 15.8. The van der Waals surface area contributed by atoms with Crippen LogP contribution in [0.3, 0.4) is 0 Å². The molecule has 144 valence electrons. The van der Waals surface area contributed by atoms with E-state index in [4.69, 9.17) is 9.47 Å². The van der Waals surface area contributed by atoms with Crippen molar-refractivity contribution in [1.29, 1.82) is 0 Å². The summed E-state index contributed by atoms with van der Waals surface area (Å²) in [5.41, 5.74) is 2.33. The lowest BCUT2D eigenvalue weighted by Crippen LogP contribution is -2.45. The Bertz CT molecular complexity index is 789. The predicted molar refractivity (Wildman–Crippen MR) is 103 cm³/mol. The van der Waals surface area contributed by atoms with Crippen molar-refractivity contribution < 1.29 is 14.4 Å². The van der Waals surface area contributed by atoms with Crippen LogP contribution in [0.2, 0.25) is 0 Å². The van der Waals surface area contributed by atoms with E-state index in [0.29, 0.717) is 0 Å². The van der Waals surface area contributed by atoms with Crippen molar-refractivity contribution >= 4 is 5.69 Å². The first-order valence-electron chi connectivity index (χ1n) is 8.98. The van der Waals surface area contributed by atoms with E-state index in [1.54, 1.807) is 26.4 Å². The van der Waals surface area contributed by atoms with Crippen molar-refractivity contribution in [2.75, 3.05) is 40.4 Å². The van der Waals surface area contributed by atoms with Gasteiger partial charge in [0.15, 0.2) is 11.5 Å². The molecule has 1 aliphatic rings. The third-order valence-corrected chi connectivity index (χ3v) is 4.85. The molecule has 3 rings (SSSR count). The molecule has 2 aromatic carbocycles. The van der Waals surface area contributed by atoms with Gasteiger partial charge >= 0.3 is 0 Å². The van der Waals surface area contributed by atoms with E-state index in [1.807, 2.05) is 18.2 Å². The molecule has 1 fully saturated rings. The molecule has 1 saturated heterocycles. The third kappa shape index (κ3) is 4.96. The van der Waals surface area contributed by atoms with Crippen LogP contribution in [0, 0.1) is 10.1 Å². The molecule has 0 aliphatic carbocycles. The minimum absolute atomic E-state index is 0.152. The molecule has 7 nitrogen and oxygen atoms in total. The highest BCUT2D eigenvalue weighted by Crippen LogP contribution is 2.28. The average Bonchev–Trinajstić information content (AvgIpc) is 2.69. The standard InChI is InChI=1S/C20H25N3O4/c1-26-19-7-6-17(13-20(19)27-2)15-22-10-8-21(9-11-22)14-16-4-3-5-18(12-16)23(24)25/h3-7,12-13H,8-11,14-15H2,1-2H3. The highest BCUT2D eigenvalue weighted by molar-refractivity contribution is 5.42. The molecule has 0 aromatic heterocycles. The maximum Gasteiger partial charge on any atom is 0.269 e. The Morgan fingerprint density at radius 2 is 1.48 bits per heavy atom. The van der Waals surface area contributed by atoms with Gasteiger partial charge in [-0.25, -0.2) is 0 Å². The van der Waals surface area contributed by atoms with E-state index < -0.39 is 0 Å². The number of nitro groups is 1. The van der Waals surface area contributed by atoms with E-state index >= 15 is 0 Å². The third-order valence-electron chi connectivity index (χ3n) is 4.85. The summed E-state index contributed by atoms with van der Waals surface area (Å²) in [5, 5.41) is 10.9. The van der Waals surface area contributed by atoms with Gasteiger partial charge in [0.25, 0.3) is 5.69 Å². The summed E-state index contributed by atoms with van der Waals surface area (Å²) in [4.78, 5) is 15.3. The fraction of sp³-hybridized carbons (Fsp3) is 0.400. The summed E-state index contributed by atoms with van der Waals surface area (Å²) in [6, 6.07) is 12.9. The Kier molecular flexibility index (Phi) is 6.26. The van der Waals surface area contributed by atoms with E-state index in [2.05, 4.69) is 15.9 Å². The number of nitrogens with zero attached hydrogens (tertiary/aromatic N) is 3. The average molecular weight is 371 g/mol. The normalized spacial score (nSPS) is 15.5. The molecule has 0 N–H and O–H groups in total. The first-order valence-corrected chi connectivity index (χ1v) is 8.98. The molecule has 1 heterocycles. The predicted octanol–water partition coefficient (Wildman–Crippen LogP) is 2.93. The summed E-state index contributed by atoms with van der Waals surface area (Å²) in [6.07, 6.45) is 0. The lowest BCUT2D eigenvalue weighted by Gasteiger charge is -2.34. The van der Waals surface area contributed by atoms with E-state index in [1.165, 1.54) is 11.6 Å². The first kappa shape index (κ1) is 19.1. The second-order valence-electron chi connectivity index (χ2n) is 6.67. The van der Waals surface area contributed by atoms with Gasteiger partial charge in [0, 0.05) is 51.4 Å². The topological polar surface area (TPSA) is 68.1 Å². The molecule has 27 heavy (non-hydrogen) atoms. The van der Waals surface area contributed by atoms with Crippen molar-refractivity contribution in [2.24, 2.45) is 0 Å². The van der Waals surface area contributed by atoms with Crippen molar-refractivity contribution in [3.8, 4) is 11.5 Å². The number of rotatable bonds is 7. The number of non-ortho nitro benzene ring substituents is 1. The van der Waals surface area contributed by atoms with Crippen molar-refractivity contribution in [3.63, 3.8) is 0 Å². The SMILES string of the molecule is COc1ccc(CN2CCN(Cc3cccc([N+](=O)[O-])c3)CC2)cc1OC. The molecule has 0 bridgehead atoms. The summed E-state index contributed by atoms with van der Waals surface area (Å²) in [7, 11) is 3.28. The second kappa shape index (κ2) is 8.83. The molecule has 0 amide bonds. The van der Waals surface area contributed by atoms with Gasteiger partial charge in [-0.2, -0.15) is 0 Å². The van der Waals surface area contributed by atoms with Gasteiger partial charge in [-0.05, 0) is 23.3 Å². The van der Waals surface area contributed by atoms with Gasteiger partial charge in [0.05, 0.1) is 19.1 Å². The van der Waals surface area contributed by atoms with Crippen molar-refractivity contribution in [1.82, 2.24) is 9.80 Å². The fourth-order valence-electron chi connectivity index (χ4n) is 3.37. The minimum atomic E-state index is -0.343. The van der Waals surface area contributed by atoms with Gasteiger partial charge < -0.3 is 9.47 Å². The zero-order chi connectivity index (χ0) is 19.2. The van der Waals surface area contributed by atoms with Crippen LogP contribution in [0.5, 0.6) is 11.5 Å². The van der Waals surface area contributed by atoms with E-state index in [-0.39, 0.29) is 10.6 Å². The Morgan fingerprint density at radius 3 is 2.04 bits per heavy atom. The number of hydrogen-bond acceptors (Lipinski definition) is 6. The lowest BCUT2D eigenvalue weighted by atomic mass is 10.1. The maximum absolute atomic E-state index is 10.9. The van der Waals surface area contributed by atoms with Gasteiger partial charge in [-0.3, -0.25) is 19.9 Å². The van der Waals surface area contributed by atoms with E-state index in [9.17, 15) is 10.1 Å². The molecule has 1 aliphatic heterocycles. The quantitative estimate of drug-likeness (QED) is 0.551. The highest BCUT2D eigenvalue weighted by Gasteiger charge is 2.18. The fourth-order valence-corrected chi connectivity index (χ4v) is 3.37. The Balaban J connectivity index is 1.53. The van der Waals surface area contributed by atoms with Gasteiger partial charge in [0.1, 0.15) is 0 Å². The molecular formula is C20H25N3O4. The monoisotopic (exact) mass is 371 g/mol. The summed E-state index contributed by atoms with van der Waals surface area (Å²) in [6.45, 7) is 5.41. The van der Waals surface area contributed by atoms with Gasteiger partial charge in [-0.15, -0.1) is 0 Å². The molecule has 0 unspecified atom stereocenters. The number of ether oxygens (including phenoxy) is 2. The molecular weight excluding hydrogens is 346 g/mol. The Labute approximate surface area is 159 Å². The van der Waals surface area contributed by atoms with Crippen LogP contribution in [0.25, 0.3) is 0 Å². The van der Waals surface area contributed by atoms with Crippen LogP contribution in [0.1, 0.15) is 11.1 Å². The number of piperazine rings is 1. The molecule has 7 heteroatoms. The molecule has 0 saturated carbocycles. The van der Waals surface area contributed by atoms with Crippen LogP contribution in [0.4, 0.5) is 5.69 Å². The molecule has 0 spiro atoms. The Hall–Kier alpha value is -2.64. The highest BCUT2D eigenvalue weighted by atomic mass is 16.6. The number of benzene rings is 2. The van der Waals surface area contributed by atoms with E-state index in [0.717, 1.165) is 56.3 Å². The van der Waals surface area contributed by atoms with Gasteiger partial charge in [-0.1, -0.05) is 18.2 Å². The smallest absolute Gasteiger partial charge is 0.269 e. The zero-order valence-electron chi connectivity index (χ0n) is 15.8. The van der Waals surface area contributed by atoms with Crippen molar-refractivity contribution in [3.05, 3.63) is 63.7 Å². The molecule has 0 atom stereocenters.